The summed E-state index contributed by atoms with van der Waals surface area (Å²) >= 11 is 0. The van der Waals surface area contributed by atoms with Gasteiger partial charge in [0.1, 0.15) is 6.54 Å². The van der Waals surface area contributed by atoms with E-state index in [9.17, 15) is 14.0 Å². The first-order valence-corrected chi connectivity index (χ1v) is 4.06. The second-order valence-electron chi connectivity index (χ2n) is 2.79. The molecule has 0 fully saturated rings. The Hall–Kier alpha value is -2.11. The number of halogens is 1. The van der Waals surface area contributed by atoms with Gasteiger partial charge in [0, 0.05) is 0 Å². The zero-order valence-electron chi connectivity index (χ0n) is 7.66. The third kappa shape index (κ3) is 2.67. The Morgan fingerprint density at radius 1 is 1.47 bits per heavy atom. The molecule has 0 spiro atoms. The van der Waals surface area contributed by atoms with E-state index in [2.05, 4.69) is 0 Å². The second kappa shape index (κ2) is 4.41. The molecule has 0 bridgehead atoms. The Balaban J connectivity index is 2.82. The van der Waals surface area contributed by atoms with E-state index in [1.807, 2.05) is 5.32 Å². The van der Waals surface area contributed by atoms with Crippen molar-refractivity contribution in [3.05, 3.63) is 29.6 Å². The van der Waals surface area contributed by atoms with Gasteiger partial charge in [-0.15, -0.1) is 0 Å². The zero-order chi connectivity index (χ0) is 11.4. The third-order valence-corrected chi connectivity index (χ3v) is 1.67. The topological polar surface area (TPSA) is 92.4 Å². The van der Waals surface area contributed by atoms with Crippen LogP contribution in [-0.2, 0) is 4.79 Å². The van der Waals surface area contributed by atoms with E-state index < -0.39 is 24.2 Å². The van der Waals surface area contributed by atoms with Crippen molar-refractivity contribution in [2.75, 3.05) is 12.3 Å². The Kier molecular flexibility index (Phi) is 3.22. The van der Waals surface area contributed by atoms with Gasteiger partial charge in [0.05, 0.1) is 11.3 Å². The van der Waals surface area contributed by atoms with Crippen molar-refractivity contribution >= 4 is 17.6 Å². The lowest BCUT2D eigenvalue weighted by molar-refractivity contribution is -0.135. The zero-order valence-corrected chi connectivity index (χ0v) is 7.66. The van der Waals surface area contributed by atoms with Gasteiger partial charge < -0.3 is 16.2 Å². The van der Waals surface area contributed by atoms with Gasteiger partial charge in [-0.1, -0.05) is 6.07 Å². The van der Waals surface area contributed by atoms with Crippen LogP contribution in [0.15, 0.2) is 18.2 Å². The van der Waals surface area contributed by atoms with Gasteiger partial charge in [0.2, 0.25) is 0 Å². The summed E-state index contributed by atoms with van der Waals surface area (Å²) in [7, 11) is 0. The highest BCUT2D eigenvalue weighted by atomic mass is 19.1. The van der Waals surface area contributed by atoms with E-state index in [1.54, 1.807) is 0 Å². The quantitative estimate of drug-likeness (QED) is 0.625. The molecule has 0 atom stereocenters. The van der Waals surface area contributed by atoms with E-state index >= 15 is 0 Å². The molecule has 0 aliphatic heterocycles. The predicted molar refractivity (Wildman–Crippen MR) is 50.8 cm³/mol. The first-order chi connectivity index (χ1) is 7.02. The maximum Gasteiger partial charge on any atom is 0.322 e. The molecule has 0 aromatic heterocycles. The maximum absolute atomic E-state index is 13.2. The van der Waals surface area contributed by atoms with Crippen LogP contribution in [0.2, 0.25) is 0 Å². The van der Waals surface area contributed by atoms with Gasteiger partial charge >= 0.3 is 5.97 Å². The summed E-state index contributed by atoms with van der Waals surface area (Å²) in [5.74, 6) is -2.85. The smallest absolute Gasteiger partial charge is 0.322 e. The fourth-order valence-corrected chi connectivity index (χ4v) is 0.976. The van der Waals surface area contributed by atoms with E-state index in [-0.39, 0.29) is 11.3 Å². The second-order valence-corrected chi connectivity index (χ2v) is 2.79. The molecule has 80 valence electrons. The van der Waals surface area contributed by atoms with Gasteiger partial charge in [-0.05, 0) is 12.1 Å². The predicted octanol–water partition coefficient (Wildman–Crippen LogP) is 0.222. The molecule has 0 radical (unpaired) electrons. The lowest BCUT2D eigenvalue weighted by Gasteiger charge is -2.04. The Labute approximate surface area is 84.7 Å². The SMILES string of the molecule is Nc1cccc(C(=O)NCC(=O)O)c1F. The standard InChI is InChI=1S/C9H9FN2O3/c10-8-5(2-1-3-6(8)11)9(15)12-4-7(13)14/h1-3H,4,11H2,(H,12,15)(H,13,14). The number of anilines is 1. The average molecular weight is 212 g/mol. The normalized spacial score (nSPS) is 9.67. The van der Waals surface area contributed by atoms with Crippen LogP contribution in [0.25, 0.3) is 0 Å². The van der Waals surface area contributed by atoms with Crippen LogP contribution in [0.1, 0.15) is 10.4 Å². The largest absolute Gasteiger partial charge is 0.480 e. The lowest BCUT2D eigenvalue weighted by Crippen LogP contribution is -2.30. The summed E-state index contributed by atoms with van der Waals surface area (Å²) in [6.07, 6.45) is 0. The maximum atomic E-state index is 13.2. The van der Waals surface area contributed by atoms with Crippen LogP contribution in [0.3, 0.4) is 0 Å². The molecular weight excluding hydrogens is 203 g/mol. The molecule has 0 saturated carbocycles. The van der Waals surface area contributed by atoms with Crippen LogP contribution in [0, 0.1) is 5.82 Å². The monoisotopic (exact) mass is 212 g/mol. The van der Waals surface area contributed by atoms with Crippen LogP contribution >= 0.6 is 0 Å². The molecule has 0 aliphatic rings. The number of carbonyl (C=O) groups excluding carboxylic acids is 1. The number of carbonyl (C=O) groups is 2. The van der Waals surface area contributed by atoms with Crippen molar-refractivity contribution in [2.45, 2.75) is 0 Å². The minimum atomic E-state index is -1.20. The van der Waals surface area contributed by atoms with Crippen molar-refractivity contribution in [1.29, 1.82) is 0 Å². The number of benzene rings is 1. The highest BCUT2D eigenvalue weighted by Crippen LogP contribution is 2.14. The molecule has 0 heterocycles. The summed E-state index contributed by atoms with van der Waals surface area (Å²) in [5.41, 5.74) is 4.82. The lowest BCUT2D eigenvalue weighted by atomic mass is 10.1. The van der Waals surface area contributed by atoms with E-state index in [4.69, 9.17) is 10.8 Å². The molecule has 1 amide bonds. The summed E-state index contributed by atoms with van der Waals surface area (Å²) in [4.78, 5) is 21.4. The van der Waals surface area contributed by atoms with Gasteiger partial charge in [0.15, 0.2) is 5.82 Å². The molecule has 1 aromatic carbocycles. The highest BCUT2D eigenvalue weighted by Gasteiger charge is 2.13. The first-order valence-electron chi connectivity index (χ1n) is 4.06. The molecule has 6 heteroatoms. The fourth-order valence-electron chi connectivity index (χ4n) is 0.976. The summed E-state index contributed by atoms with van der Waals surface area (Å²) in [5, 5.41) is 10.3. The van der Waals surface area contributed by atoms with Gasteiger partial charge in [-0.2, -0.15) is 0 Å². The molecule has 0 unspecified atom stereocenters. The third-order valence-electron chi connectivity index (χ3n) is 1.67. The number of carboxylic acids is 1. The fraction of sp³-hybridized carbons (Fsp3) is 0.111. The first kappa shape index (κ1) is 11.0. The van der Waals surface area contributed by atoms with Crippen LogP contribution in [-0.4, -0.2) is 23.5 Å². The number of nitrogen functional groups attached to an aromatic ring is 1. The number of carboxylic acid groups (broad SMARTS) is 1. The molecule has 0 saturated heterocycles. The summed E-state index contributed by atoms with van der Waals surface area (Å²) in [6.45, 7) is -0.562. The van der Waals surface area contributed by atoms with E-state index in [0.717, 1.165) is 0 Å². The number of nitrogens with two attached hydrogens (primary N) is 1. The number of aliphatic carboxylic acids is 1. The molecule has 15 heavy (non-hydrogen) atoms. The summed E-state index contributed by atoms with van der Waals surface area (Å²) < 4.78 is 13.2. The van der Waals surface area contributed by atoms with Crippen LogP contribution in [0.4, 0.5) is 10.1 Å². The number of nitrogens with one attached hydrogen (secondary N) is 1. The minimum Gasteiger partial charge on any atom is -0.480 e. The highest BCUT2D eigenvalue weighted by molar-refractivity contribution is 5.96. The van der Waals surface area contributed by atoms with Crippen molar-refractivity contribution < 1.29 is 19.1 Å². The number of hydrogen-bond donors (Lipinski definition) is 3. The average Bonchev–Trinajstić information content (AvgIpc) is 2.18. The number of hydrogen-bond acceptors (Lipinski definition) is 3. The van der Waals surface area contributed by atoms with E-state index in [1.165, 1.54) is 18.2 Å². The Morgan fingerprint density at radius 2 is 2.13 bits per heavy atom. The van der Waals surface area contributed by atoms with Crippen molar-refractivity contribution in [2.24, 2.45) is 0 Å². The van der Waals surface area contributed by atoms with Crippen molar-refractivity contribution in [3.63, 3.8) is 0 Å². The Bertz CT molecular complexity index is 406. The molecule has 1 rings (SSSR count). The number of amides is 1. The van der Waals surface area contributed by atoms with Crippen LogP contribution < -0.4 is 11.1 Å². The van der Waals surface area contributed by atoms with Gasteiger partial charge in [-0.3, -0.25) is 9.59 Å². The van der Waals surface area contributed by atoms with Gasteiger partial charge in [-0.25, -0.2) is 4.39 Å². The Morgan fingerprint density at radius 3 is 2.73 bits per heavy atom. The molecule has 1 aromatic rings. The van der Waals surface area contributed by atoms with Gasteiger partial charge in [0.25, 0.3) is 5.91 Å². The minimum absolute atomic E-state index is 0.155. The van der Waals surface area contributed by atoms with Crippen molar-refractivity contribution in [1.82, 2.24) is 5.32 Å². The summed E-state index contributed by atoms with van der Waals surface area (Å²) in [6, 6.07) is 3.94. The molecule has 0 aliphatic carbocycles. The molecule has 5 nitrogen and oxygen atoms in total. The van der Waals surface area contributed by atoms with E-state index in [0.29, 0.717) is 0 Å². The van der Waals surface area contributed by atoms with Crippen LogP contribution in [0.5, 0.6) is 0 Å². The molecule has 4 N–H and O–H groups in total. The number of rotatable bonds is 3. The van der Waals surface area contributed by atoms with Crippen molar-refractivity contribution in [3.8, 4) is 0 Å². The molecular formula is C9H9FN2O3.